The quantitative estimate of drug-likeness (QED) is 0.167. The number of aromatic nitrogens is 5. The summed E-state index contributed by atoms with van der Waals surface area (Å²) in [5.41, 5.74) is 1.86. The zero-order chi connectivity index (χ0) is 34.4. The molecule has 13 nitrogen and oxygen atoms in total. The van der Waals surface area contributed by atoms with Crippen molar-refractivity contribution in [3.05, 3.63) is 76.8 Å². The van der Waals surface area contributed by atoms with Crippen LogP contribution in [0.25, 0.3) is 11.3 Å². The van der Waals surface area contributed by atoms with Gasteiger partial charge in [-0.25, -0.2) is 28.2 Å². The SMILES string of the molecule is CCCc1nc(C(C)(C)O)c(C(=O)OCC)n1Cc1ccc(-c2ncccc2S(=O)(=O)Nc2ncc(C)nc2OC)c(COCC)c1. The average molecular weight is 667 g/mol. The van der Waals surface area contributed by atoms with E-state index in [1.165, 1.54) is 31.6 Å². The number of esters is 1. The molecule has 0 fully saturated rings. The van der Waals surface area contributed by atoms with Crippen LogP contribution in [-0.4, -0.2) is 64.3 Å². The fourth-order valence-corrected chi connectivity index (χ4v) is 6.25. The molecular formula is C33H42N6O7S. The number of benzene rings is 1. The number of carbonyl (C=O) groups excluding carboxylic acids is 1. The number of sulfonamides is 1. The Hall–Kier alpha value is -4.40. The molecule has 2 N–H and O–H groups in total. The Balaban J connectivity index is 1.82. The molecule has 3 heterocycles. The van der Waals surface area contributed by atoms with Gasteiger partial charge in [-0.3, -0.25) is 9.71 Å². The van der Waals surface area contributed by atoms with Crippen molar-refractivity contribution in [2.24, 2.45) is 0 Å². The highest BCUT2D eigenvalue weighted by atomic mass is 32.2. The van der Waals surface area contributed by atoms with Crippen LogP contribution in [0.2, 0.25) is 0 Å². The van der Waals surface area contributed by atoms with E-state index in [1.807, 2.05) is 26.0 Å². The van der Waals surface area contributed by atoms with Crippen molar-refractivity contribution in [3.8, 4) is 17.1 Å². The number of carbonyl (C=O) groups is 1. The summed E-state index contributed by atoms with van der Waals surface area (Å²) in [6.07, 6.45) is 4.30. The van der Waals surface area contributed by atoms with E-state index in [2.05, 4.69) is 24.7 Å². The van der Waals surface area contributed by atoms with Crippen molar-refractivity contribution in [1.29, 1.82) is 0 Å². The first-order valence-corrected chi connectivity index (χ1v) is 16.9. The van der Waals surface area contributed by atoms with Gasteiger partial charge in [0.2, 0.25) is 5.82 Å². The molecule has 4 rings (SSSR count). The van der Waals surface area contributed by atoms with Crippen molar-refractivity contribution < 1.29 is 32.5 Å². The van der Waals surface area contributed by atoms with Crippen LogP contribution in [0.4, 0.5) is 5.82 Å². The van der Waals surface area contributed by atoms with E-state index in [0.29, 0.717) is 35.7 Å². The molecular weight excluding hydrogens is 624 g/mol. The number of hydrogen-bond acceptors (Lipinski definition) is 11. The molecule has 0 aliphatic heterocycles. The van der Waals surface area contributed by atoms with Gasteiger partial charge in [-0.2, -0.15) is 0 Å². The molecule has 0 radical (unpaired) electrons. The van der Waals surface area contributed by atoms with Crippen LogP contribution in [0.15, 0.2) is 47.6 Å². The molecule has 0 spiro atoms. The molecule has 0 saturated heterocycles. The van der Waals surface area contributed by atoms with Gasteiger partial charge in [-0.15, -0.1) is 0 Å². The minimum absolute atomic E-state index is 0.0391. The minimum atomic E-state index is -4.20. The molecule has 0 atom stereocenters. The number of imidazole rings is 1. The number of methoxy groups -OCH3 is 1. The van der Waals surface area contributed by atoms with Crippen molar-refractivity contribution >= 4 is 21.8 Å². The lowest BCUT2D eigenvalue weighted by Gasteiger charge is -2.18. The fourth-order valence-electron chi connectivity index (χ4n) is 5.07. The summed E-state index contributed by atoms with van der Waals surface area (Å²) >= 11 is 0. The van der Waals surface area contributed by atoms with Crippen LogP contribution < -0.4 is 9.46 Å². The summed E-state index contributed by atoms with van der Waals surface area (Å²) in [6, 6.07) is 8.52. The lowest BCUT2D eigenvalue weighted by atomic mass is 10.0. The monoisotopic (exact) mass is 666 g/mol. The van der Waals surface area contributed by atoms with Gasteiger partial charge in [0.25, 0.3) is 15.9 Å². The third kappa shape index (κ3) is 8.13. The Labute approximate surface area is 275 Å². The zero-order valence-electron chi connectivity index (χ0n) is 27.8. The molecule has 47 heavy (non-hydrogen) atoms. The Morgan fingerprint density at radius 3 is 2.51 bits per heavy atom. The van der Waals surface area contributed by atoms with Crippen LogP contribution in [0, 0.1) is 6.92 Å². The van der Waals surface area contributed by atoms with Crippen LogP contribution in [0.1, 0.15) is 79.9 Å². The molecule has 0 bridgehead atoms. The van der Waals surface area contributed by atoms with Crippen molar-refractivity contribution in [2.45, 2.75) is 78.0 Å². The predicted octanol–water partition coefficient (Wildman–Crippen LogP) is 4.79. The number of nitrogens with one attached hydrogen (secondary N) is 1. The number of aryl methyl sites for hydroxylation is 2. The number of rotatable bonds is 15. The normalized spacial score (nSPS) is 11.8. The van der Waals surface area contributed by atoms with Gasteiger partial charge in [-0.05, 0) is 64.3 Å². The van der Waals surface area contributed by atoms with E-state index >= 15 is 0 Å². The Morgan fingerprint density at radius 2 is 1.85 bits per heavy atom. The van der Waals surface area contributed by atoms with Crippen molar-refractivity contribution in [1.82, 2.24) is 24.5 Å². The van der Waals surface area contributed by atoms with Gasteiger partial charge >= 0.3 is 5.97 Å². The van der Waals surface area contributed by atoms with Gasteiger partial charge in [0, 0.05) is 31.3 Å². The largest absolute Gasteiger partial charge is 0.478 e. The second-order valence-electron chi connectivity index (χ2n) is 11.3. The minimum Gasteiger partial charge on any atom is -0.478 e. The van der Waals surface area contributed by atoms with Gasteiger partial charge < -0.3 is 23.9 Å². The van der Waals surface area contributed by atoms with Crippen LogP contribution in [0.3, 0.4) is 0 Å². The summed E-state index contributed by atoms with van der Waals surface area (Å²) in [4.78, 5) is 30.7. The summed E-state index contributed by atoms with van der Waals surface area (Å²) in [7, 11) is -2.82. The molecule has 0 saturated carbocycles. The van der Waals surface area contributed by atoms with Gasteiger partial charge in [-0.1, -0.05) is 25.1 Å². The summed E-state index contributed by atoms with van der Waals surface area (Å²) in [5.74, 6) is 0.0550. The molecule has 0 aliphatic rings. The van der Waals surface area contributed by atoms with Crippen LogP contribution in [0.5, 0.6) is 5.88 Å². The average Bonchev–Trinajstić information content (AvgIpc) is 3.39. The van der Waals surface area contributed by atoms with Crippen molar-refractivity contribution in [2.75, 3.05) is 25.0 Å². The molecule has 1 aromatic carbocycles. The first-order valence-electron chi connectivity index (χ1n) is 15.4. The zero-order valence-corrected chi connectivity index (χ0v) is 28.6. The van der Waals surface area contributed by atoms with Gasteiger partial charge in [0.05, 0.1) is 37.9 Å². The Kier molecular flexibility index (Phi) is 11.3. The highest BCUT2D eigenvalue weighted by Crippen LogP contribution is 2.33. The maximum absolute atomic E-state index is 13.7. The molecule has 14 heteroatoms. The Bertz CT molecular complexity index is 1830. The standard InChI is InChI=1S/C33H42N6O7S/c1-8-12-26-37-29(33(5,6)41)28(32(40)46-10-3)39(26)19-22-14-15-24(23(17-22)20-45-9-2)27-25(13-11-16-34-27)47(42,43)38-30-31(44-7)36-21(4)18-35-30/h11,13-18,41H,8-10,12,19-20H2,1-7H3,(H,35,38). The highest BCUT2D eigenvalue weighted by molar-refractivity contribution is 7.92. The van der Waals surface area contributed by atoms with Crippen LogP contribution >= 0.6 is 0 Å². The number of ether oxygens (including phenoxy) is 3. The Morgan fingerprint density at radius 1 is 1.09 bits per heavy atom. The smallest absolute Gasteiger partial charge is 0.357 e. The first kappa shape index (κ1) is 35.5. The van der Waals surface area contributed by atoms with E-state index in [1.54, 1.807) is 38.3 Å². The van der Waals surface area contributed by atoms with E-state index in [0.717, 1.165) is 12.0 Å². The maximum Gasteiger partial charge on any atom is 0.357 e. The summed E-state index contributed by atoms with van der Waals surface area (Å²) in [6.45, 7) is 11.5. The summed E-state index contributed by atoms with van der Waals surface area (Å²) < 4.78 is 48.2. The van der Waals surface area contributed by atoms with E-state index in [-0.39, 0.29) is 53.4 Å². The lowest BCUT2D eigenvalue weighted by molar-refractivity contribution is 0.0469. The highest BCUT2D eigenvalue weighted by Gasteiger charge is 2.32. The van der Waals surface area contributed by atoms with Crippen molar-refractivity contribution in [3.63, 3.8) is 0 Å². The molecule has 0 unspecified atom stereocenters. The topological polar surface area (TPSA) is 168 Å². The second kappa shape index (κ2) is 15.0. The second-order valence-corrected chi connectivity index (χ2v) is 12.9. The number of pyridine rings is 1. The van der Waals surface area contributed by atoms with E-state index in [4.69, 9.17) is 14.2 Å². The number of aliphatic hydroxyl groups is 1. The third-order valence-electron chi connectivity index (χ3n) is 7.14. The maximum atomic E-state index is 13.7. The number of hydrogen-bond donors (Lipinski definition) is 2. The molecule has 252 valence electrons. The van der Waals surface area contributed by atoms with E-state index in [9.17, 15) is 18.3 Å². The lowest BCUT2D eigenvalue weighted by Crippen LogP contribution is -2.23. The fraction of sp³-hybridized carbons (Fsp3) is 0.424. The first-order chi connectivity index (χ1) is 22.3. The number of nitrogens with zero attached hydrogens (tertiary/aromatic N) is 5. The van der Waals surface area contributed by atoms with Gasteiger partial charge in [0.1, 0.15) is 22.0 Å². The van der Waals surface area contributed by atoms with Crippen LogP contribution in [-0.2, 0) is 44.7 Å². The predicted molar refractivity (Wildman–Crippen MR) is 176 cm³/mol. The molecule has 0 amide bonds. The number of anilines is 1. The molecule has 3 aromatic heterocycles. The third-order valence-corrected chi connectivity index (χ3v) is 8.51. The van der Waals surface area contributed by atoms with Gasteiger partial charge in [0.15, 0.2) is 5.69 Å². The molecule has 4 aromatic rings. The molecule has 0 aliphatic carbocycles. The summed E-state index contributed by atoms with van der Waals surface area (Å²) in [5, 5.41) is 10.9. The van der Waals surface area contributed by atoms with E-state index < -0.39 is 21.6 Å².